The topological polar surface area (TPSA) is 83.6 Å². The first kappa shape index (κ1) is 18.7. The van der Waals surface area contributed by atoms with E-state index in [1.807, 2.05) is 30.3 Å². The molecule has 1 aliphatic heterocycles. The zero-order valence-corrected chi connectivity index (χ0v) is 16.1. The van der Waals surface area contributed by atoms with Gasteiger partial charge in [0.1, 0.15) is 11.5 Å². The van der Waals surface area contributed by atoms with Crippen LogP contribution in [0.2, 0.25) is 0 Å². The Morgan fingerprint density at radius 1 is 1.10 bits per heavy atom. The maximum absolute atomic E-state index is 12.9. The number of carbonyl (C=O) groups is 2. The van der Waals surface area contributed by atoms with Crippen molar-refractivity contribution in [1.82, 2.24) is 5.16 Å². The molecule has 1 amide bonds. The number of aliphatic hydroxyl groups is 1. The fourth-order valence-corrected chi connectivity index (χ4v) is 3.54. The highest BCUT2D eigenvalue weighted by molar-refractivity contribution is 6.51. The molecule has 2 aromatic carbocycles. The Hall–Kier alpha value is -3.67. The SMILES string of the molecule is CCc1ccc(C2C(=C(O)c3ccccc3)C(=O)C(=O)N2c2cc(C)on2)cc1. The van der Waals surface area contributed by atoms with Gasteiger partial charge < -0.3 is 9.63 Å². The van der Waals surface area contributed by atoms with Crippen LogP contribution in [0.15, 0.2) is 70.8 Å². The molecule has 1 aromatic heterocycles. The lowest BCUT2D eigenvalue weighted by Crippen LogP contribution is -2.29. The molecule has 1 saturated heterocycles. The Balaban J connectivity index is 1.92. The Labute approximate surface area is 168 Å². The second-order valence-corrected chi connectivity index (χ2v) is 6.93. The highest BCUT2D eigenvalue weighted by Gasteiger charge is 2.48. The lowest BCUT2D eigenvalue weighted by atomic mass is 9.94. The number of hydrogen-bond acceptors (Lipinski definition) is 5. The van der Waals surface area contributed by atoms with E-state index in [0.29, 0.717) is 16.9 Å². The first-order chi connectivity index (χ1) is 14.0. The molecule has 0 radical (unpaired) electrons. The molecule has 146 valence electrons. The number of anilines is 1. The number of benzene rings is 2. The molecule has 0 bridgehead atoms. The van der Waals surface area contributed by atoms with Crippen molar-refractivity contribution in [2.24, 2.45) is 0 Å². The number of carbonyl (C=O) groups excluding carboxylic acids is 2. The summed E-state index contributed by atoms with van der Waals surface area (Å²) in [5, 5.41) is 14.9. The monoisotopic (exact) mass is 388 g/mol. The fourth-order valence-electron chi connectivity index (χ4n) is 3.54. The van der Waals surface area contributed by atoms with Gasteiger partial charge in [-0.1, -0.05) is 66.7 Å². The third-order valence-corrected chi connectivity index (χ3v) is 5.06. The van der Waals surface area contributed by atoms with Crippen LogP contribution in [0.5, 0.6) is 0 Å². The van der Waals surface area contributed by atoms with E-state index in [0.717, 1.165) is 12.0 Å². The third-order valence-electron chi connectivity index (χ3n) is 5.06. The number of nitrogens with zero attached hydrogens (tertiary/aromatic N) is 2. The highest BCUT2D eigenvalue weighted by atomic mass is 16.5. The number of hydrogen-bond donors (Lipinski definition) is 1. The van der Waals surface area contributed by atoms with Crippen LogP contribution in [-0.2, 0) is 16.0 Å². The Morgan fingerprint density at radius 3 is 2.38 bits per heavy atom. The summed E-state index contributed by atoms with van der Waals surface area (Å²) >= 11 is 0. The van der Waals surface area contributed by atoms with E-state index in [4.69, 9.17) is 4.52 Å². The Bertz CT molecular complexity index is 1100. The van der Waals surface area contributed by atoms with Crippen LogP contribution in [-0.4, -0.2) is 22.0 Å². The number of rotatable bonds is 4. The molecule has 29 heavy (non-hydrogen) atoms. The van der Waals surface area contributed by atoms with Crippen LogP contribution >= 0.6 is 0 Å². The van der Waals surface area contributed by atoms with Crippen molar-refractivity contribution in [1.29, 1.82) is 0 Å². The van der Waals surface area contributed by atoms with Gasteiger partial charge in [-0.25, -0.2) is 0 Å². The molecule has 1 fully saturated rings. The average molecular weight is 388 g/mol. The molecule has 0 aliphatic carbocycles. The fraction of sp³-hybridized carbons (Fsp3) is 0.174. The largest absolute Gasteiger partial charge is 0.507 e. The number of aryl methyl sites for hydroxylation is 2. The molecule has 4 rings (SSSR count). The summed E-state index contributed by atoms with van der Waals surface area (Å²) in [6, 6.07) is 17.2. The van der Waals surface area contributed by atoms with Gasteiger partial charge in [-0.15, -0.1) is 0 Å². The molecule has 1 N–H and O–H groups in total. The van der Waals surface area contributed by atoms with Gasteiger partial charge in [-0.05, 0) is 24.5 Å². The molecule has 2 heterocycles. The summed E-state index contributed by atoms with van der Waals surface area (Å²) < 4.78 is 5.13. The number of ketones is 1. The van der Waals surface area contributed by atoms with Crippen molar-refractivity contribution in [3.8, 4) is 0 Å². The van der Waals surface area contributed by atoms with Crippen LogP contribution in [0, 0.1) is 6.92 Å². The lowest BCUT2D eigenvalue weighted by molar-refractivity contribution is -0.132. The van der Waals surface area contributed by atoms with E-state index in [9.17, 15) is 14.7 Å². The maximum atomic E-state index is 12.9. The van der Waals surface area contributed by atoms with Gasteiger partial charge in [0.25, 0.3) is 5.78 Å². The first-order valence-electron chi connectivity index (χ1n) is 9.39. The van der Waals surface area contributed by atoms with Crippen LogP contribution in [0.4, 0.5) is 5.82 Å². The van der Waals surface area contributed by atoms with E-state index < -0.39 is 17.7 Å². The van der Waals surface area contributed by atoms with Gasteiger partial charge in [-0.2, -0.15) is 0 Å². The van der Waals surface area contributed by atoms with Crippen LogP contribution < -0.4 is 4.90 Å². The summed E-state index contributed by atoms with van der Waals surface area (Å²) in [4.78, 5) is 27.2. The predicted molar refractivity (Wildman–Crippen MR) is 108 cm³/mol. The quantitative estimate of drug-likeness (QED) is 0.412. The van der Waals surface area contributed by atoms with Crippen molar-refractivity contribution in [2.45, 2.75) is 26.3 Å². The minimum Gasteiger partial charge on any atom is -0.507 e. The highest BCUT2D eigenvalue weighted by Crippen LogP contribution is 2.41. The number of aromatic nitrogens is 1. The molecule has 0 saturated carbocycles. The zero-order valence-electron chi connectivity index (χ0n) is 16.1. The van der Waals surface area contributed by atoms with E-state index in [2.05, 4.69) is 12.1 Å². The molecule has 6 nitrogen and oxygen atoms in total. The standard InChI is InChI=1S/C23H20N2O4/c1-3-15-9-11-16(12-10-15)20-19(21(26)17-7-5-4-6-8-17)22(27)23(28)25(20)18-13-14(2)29-24-18/h4-13,20,26H,3H2,1-2H3. The molecule has 3 aromatic rings. The van der Waals surface area contributed by atoms with Crippen LogP contribution in [0.3, 0.4) is 0 Å². The average Bonchev–Trinajstić information content (AvgIpc) is 3.29. The minimum absolute atomic E-state index is 0.0334. The maximum Gasteiger partial charge on any atom is 0.301 e. The van der Waals surface area contributed by atoms with E-state index >= 15 is 0 Å². The molecule has 1 unspecified atom stereocenters. The normalized spacial score (nSPS) is 18.4. The number of Topliss-reactive ketones (excluding diaryl/α,β-unsaturated/α-hetero) is 1. The molecule has 1 aliphatic rings. The molecule has 0 spiro atoms. The second kappa shape index (κ2) is 7.39. The first-order valence-corrected chi connectivity index (χ1v) is 9.39. The second-order valence-electron chi connectivity index (χ2n) is 6.93. The zero-order chi connectivity index (χ0) is 20.5. The van der Waals surface area contributed by atoms with Gasteiger partial charge in [0.05, 0.1) is 11.6 Å². The van der Waals surface area contributed by atoms with E-state index in [-0.39, 0.29) is 17.2 Å². The smallest absolute Gasteiger partial charge is 0.301 e. The number of aliphatic hydroxyl groups excluding tert-OH is 1. The van der Waals surface area contributed by atoms with Crippen molar-refractivity contribution in [3.05, 3.63) is 88.7 Å². The van der Waals surface area contributed by atoms with Crippen molar-refractivity contribution in [3.63, 3.8) is 0 Å². The summed E-state index contributed by atoms with van der Waals surface area (Å²) in [5.74, 6) is -0.959. The predicted octanol–water partition coefficient (Wildman–Crippen LogP) is 4.17. The van der Waals surface area contributed by atoms with E-state index in [1.54, 1.807) is 37.3 Å². The summed E-state index contributed by atoms with van der Waals surface area (Å²) in [5.41, 5.74) is 2.34. The van der Waals surface area contributed by atoms with Gasteiger partial charge in [0.15, 0.2) is 5.82 Å². The van der Waals surface area contributed by atoms with E-state index in [1.165, 1.54) is 4.90 Å². The van der Waals surface area contributed by atoms with Gasteiger partial charge in [0.2, 0.25) is 0 Å². The van der Waals surface area contributed by atoms with Crippen molar-refractivity contribution < 1.29 is 19.2 Å². The lowest BCUT2D eigenvalue weighted by Gasteiger charge is -2.23. The van der Waals surface area contributed by atoms with Gasteiger partial charge in [0, 0.05) is 11.6 Å². The molecular formula is C23H20N2O4. The molecular weight excluding hydrogens is 368 g/mol. The molecule has 6 heteroatoms. The summed E-state index contributed by atoms with van der Waals surface area (Å²) in [6.07, 6.45) is 0.868. The number of amides is 1. The Morgan fingerprint density at radius 2 is 1.79 bits per heavy atom. The molecule has 1 atom stereocenters. The van der Waals surface area contributed by atoms with Gasteiger partial charge >= 0.3 is 5.91 Å². The van der Waals surface area contributed by atoms with Crippen molar-refractivity contribution in [2.75, 3.05) is 4.90 Å². The summed E-state index contributed by atoms with van der Waals surface area (Å²) in [7, 11) is 0. The summed E-state index contributed by atoms with van der Waals surface area (Å²) in [6.45, 7) is 3.76. The van der Waals surface area contributed by atoms with Crippen LogP contribution in [0.25, 0.3) is 5.76 Å². The third kappa shape index (κ3) is 3.23. The Kier molecular flexibility index (Phi) is 4.76. The van der Waals surface area contributed by atoms with Crippen LogP contribution in [0.1, 0.15) is 35.4 Å². The minimum atomic E-state index is -0.800. The van der Waals surface area contributed by atoms with Crippen molar-refractivity contribution >= 4 is 23.3 Å². The van der Waals surface area contributed by atoms with Gasteiger partial charge in [-0.3, -0.25) is 14.5 Å².